The van der Waals surface area contributed by atoms with Crippen LogP contribution in [0.5, 0.6) is 0 Å². The molecule has 0 N–H and O–H groups in total. The van der Waals surface area contributed by atoms with E-state index in [2.05, 4.69) is 4.98 Å². The minimum Gasteiger partial charge on any atom is -0.460 e. The molecule has 0 saturated heterocycles. The van der Waals surface area contributed by atoms with Gasteiger partial charge in [-0.1, -0.05) is 48.0 Å². The topological polar surface area (TPSA) is 92.0 Å². The summed E-state index contributed by atoms with van der Waals surface area (Å²) >= 11 is 7.53. The van der Waals surface area contributed by atoms with Gasteiger partial charge in [-0.25, -0.2) is 4.98 Å². The number of hydrogen-bond acceptors (Lipinski definition) is 9. The van der Waals surface area contributed by atoms with Crippen LogP contribution >= 0.6 is 23.4 Å². The lowest BCUT2D eigenvalue weighted by atomic mass is 10.1. The first kappa shape index (κ1) is 27.8. The molecule has 0 amide bonds. The molecule has 1 aliphatic rings. The van der Waals surface area contributed by atoms with Gasteiger partial charge in [0, 0.05) is 26.3 Å². The Hall–Kier alpha value is -2.82. The molecule has 9 nitrogen and oxygen atoms in total. The van der Waals surface area contributed by atoms with Gasteiger partial charge in [0.05, 0.1) is 18.1 Å². The first-order chi connectivity index (χ1) is 17.3. The normalized spacial score (nSPS) is 15.1. The predicted octanol–water partition coefficient (Wildman–Crippen LogP) is 4.07. The fraction of sp³-hybridized carbons (Fsp3) is 0.440. The van der Waals surface area contributed by atoms with Gasteiger partial charge in [0.2, 0.25) is 0 Å². The highest BCUT2D eigenvalue weighted by molar-refractivity contribution is 7.98. The second-order valence-electron chi connectivity index (χ2n) is 8.51. The molecule has 36 heavy (non-hydrogen) atoms. The number of nitro groups is 1. The summed E-state index contributed by atoms with van der Waals surface area (Å²) in [6.07, 6.45) is 4.19. The Kier molecular flexibility index (Phi) is 10.4. The van der Waals surface area contributed by atoms with Crippen LogP contribution in [0.2, 0.25) is 5.15 Å². The third-order valence-corrected chi connectivity index (χ3v) is 6.83. The Morgan fingerprint density at radius 1 is 1.28 bits per heavy atom. The van der Waals surface area contributed by atoms with E-state index in [-0.39, 0.29) is 29.7 Å². The van der Waals surface area contributed by atoms with E-state index >= 15 is 0 Å². The van der Waals surface area contributed by atoms with Crippen molar-refractivity contribution in [3.05, 3.63) is 86.6 Å². The highest BCUT2D eigenvalue weighted by atomic mass is 35.5. The monoisotopic (exact) mass is 533 g/mol. The van der Waals surface area contributed by atoms with Gasteiger partial charge in [0.1, 0.15) is 17.8 Å². The number of rotatable bonds is 12. The summed E-state index contributed by atoms with van der Waals surface area (Å²) in [7, 11) is 1.81. The lowest BCUT2D eigenvalue weighted by Gasteiger charge is -2.41. The molecule has 1 aromatic heterocycles. The number of esters is 1. The van der Waals surface area contributed by atoms with Gasteiger partial charge in [-0.2, -0.15) is 11.8 Å². The molecule has 0 aliphatic carbocycles. The molecular formula is C25H32ClN5O4S. The Morgan fingerprint density at radius 3 is 2.64 bits per heavy atom. The summed E-state index contributed by atoms with van der Waals surface area (Å²) in [4.78, 5) is 34.7. The average Bonchev–Trinajstić information content (AvgIpc) is 2.88. The van der Waals surface area contributed by atoms with Gasteiger partial charge >= 0.3 is 5.97 Å². The maximum absolute atomic E-state index is 13.1. The number of carbonyl (C=O) groups is 1. The van der Waals surface area contributed by atoms with Crippen molar-refractivity contribution in [1.29, 1.82) is 0 Å². The number of halogens is 1. The van der Waals surface area contributed by atoms with Crippen molar-refractivity contribution in [2.24, 2.45) is 0 Å². The van der Waals surface area contributed by atoms with Crippen molar-refractivity contribution in [1.82, 2.24) is 19.7 Å². The van der Waals surface area contributed by atoms with Crippen LogP contribution in [0.15, 0.2) is 60.2 Å². The highest BCUT2D eigenvalue weighted by Crippen LogP contribution is 2.26. The summed E-state index contributed by atoms with van der Waals surface area (Å²) < 4.78 is 5.63. The lowest BCUT2D eigenvalue weighted by Crippen LogP contribution is -2.54. The van der Waals surface area contributed by atoms with Gasteiger partial charge in [0.25, 0.3) is 5.70 Å². The number of aromatic nitrogens is 1. The van der Waals surface area contributed by atoms with Crippen molar-refractivity contribution in [3.63, 3.8) is 0 Å². The van der Waals surface area contributed by atoms with Gasteiger partial charge < -0.3 is 14.5 Å². The predicted molar refractivity (Wildman–Crippen MR) is 142 cm³/mol. The van der Waals surface area contributed by atoms with Crippen molar-refractivity contribution in [3.8, 4) is 0 Å². The van der Waals surface area contributed by atoms with Crippen LogP contribution in [-0.4, -0.2) is 75.4 Å². The van der Waals surface area contributed by atoms with E-state index in [9.17, 15) is 14.9 Å². The largest absolute Gasteiger partial charge is 0.460 e. The van der Waals surface area contributed by atoms with Crippen LogP contribution in [0.1, 0.15) is 24.5 Å². The number of carbonyl (C=O) groups excluding carboxylic acids is 1. The van der Waals surface area contributed by atoms with E-state index in [0.717, 1.165) is 16.9 Å². The molecule has 194 valence electrons. The third-order valence-electron chi connectivity index (χ3n) is 5.96. The van der Waals surface area contributed by atoms with E-state index in [1.54, 1.807) is 24.0 Å². The molecule has 3 rings (SSSR count). The first-order valence-electron chi connectivity index (χ1n) is 11.7. The van der Waals surface area contributed by atoms with E-state index in [4.69, 9.17) is 16.3 Å². The Balaban J connectivity index is 1.82. The first-order valence-corrected chi connectivity index (χ1v) is 13.5. The van der Waals surface area contributed by atoms with Gasteiger partial charge in [0.15, 0.2) is 5.82 Å². The Labute approximate surface area is 221 Å². The minimum absolute atomic E-state index is 0.0432. The van der Waals surface area contributed by atoms with Crippen LogP contribution in [0, 0.1) is 10.1 Å². The molecule has 1 unspecified atom stereocenters. The molecular weight excluding hydrogens is 502 g/mol. The van der Waals surface area contributed by atoms with E-state index < -0.39 is 6.04 Å². The van der Waals surface area contributed by atoms with E-state index in [1.165, 1.54) is 0 Å². The highest BCUT2D eigenvalue weighted by Gasteiger charge is 2.39. The van der Waals surface area contributed by atoms with E-state index in [1.807, 2.05) is 71.3 Å². The summed E-state index contributed by atoms with van der Waals surface area (Å²) in [5, 5.41) is 12.6. The summed E-state index contributed by atoms with van der Waals surface area (Å²) in [5.41, 5.74) is 1.85. The number of nitrogens with zero attached hydrogens (tertiary/aromatic N) is 5. The van der Waals surface area contributed by atoms with Crippen LogP contribution in [0.4, 0.5) is 0 Å². The number of benzene rings is 1. The SMILES string of the molecule is CCN(Cc1ccc(Cl)nc1)C1=C([N+](=O)[O-])CN(C(CCSC)C(=O)OCc2ccccc2)CN1C. The van der Waals surface area contributed by atoms with E-state index in [0.29, 0.717) is 37.2 Å². The summed E-state index contributed by atoms with van der Waals surface area (Å²) in [6.45, 7) is 3.54. The number of thioether (sulfide) groups is 1. The quantitative estimate of drug-likeness (QED) is 0.173. The second-order valence-corrected chi connectivity index (χ2v) is 9.88. The molecule has 1 aliphatic heterocycles. The maximum Gasteiger partial charge on any atom is 0.323 e. The number of ether oxygens (including phenoxy) is 1. The second kappa shape index (κ2) is 13.5. The molecule has 0 fully saturated rings. The van der Waals surface area contributed by atoms with Crippen LogP contribution in [-0.2, 0) is 22.7 Å². The molecule has 0 saturated carbocycles. The molecule has 0 radical (unpaired) electrons. The zero-order valence-electron chi connectivity index (χ0n) is 20.8. The molecule has 0 bridgehead atoms. The van der Waals surface area contributed by atoms with Crippen molar-refractivity contribution < 1.29 is 14.5 Å². The minimum atomic E-state index is -0.587. The van der Waals surface area contributed by atoms with Crippen molar-refractivity contribution in [2.45, 2.75) is 32.5 Å². The van der Waals surface area contributed by atoms with Crippen LogP contribution in [0.3, 0.4) is 0 Å². The number of hydrogen-bond donors (Lipinski definition) is 0. The third kappa shape index (κ3) is 7.35. The standard InChI is InChI=1S/C25H32ClN5O4S/c1-4-29(15-20-10-11-23(26)27-14-20)24-22(31(33)34)16-30(18-28(24)2)21(12-13-36-3)25(32)35-17-19-8-6-5-7-9-19/h5-11,14,21H,4,12-13,15-18H2,1-3H3. The number of pyridine rings is 1. The molecule has 0 spiro atoms. The molecule has 2 heterocycles. The average molecular weight is 534 g/mol. The van der Waals surface area contributed by atoms with Crippen LogP contribution < -0.4 is 0 Å². The summed E-state index contributed by atoms with van der Waals surface area (Å²) in [6, 6.07) is 12.5. The summed E-state index contributed by atoms with van der Waals surface area (Å²) in [5.74, 6) is 0.905. The Bertz CT molecular complexity index is 1050. The van der Waals surface area contributed by atoms with Crippen LogP contribution in [0.25, 0.3) is 0 Å². The van der Waals surface area contributed by atoms with Crippen molar-refractivity contribution in [2.75, 3.05) is 38.8 Å². The molecule has 1 aromatic carbocycles. The fourth-order valence-corrected chi connectivity index (χ4v) is 4.78. The smallest absolute Gasteiger partial charge is 0.323 e. The van der Waals surface area contributed by atoms with Crippen molar-refractivity contribution >= 4 is 29.3 Å². The van der Waals surface area contributed by atoms with Gasteiger partial charge in [-0.15, -0.1) is 0 Å². The van der Waals surface area contributed by atoms with Gasteiger partial charge in [-0.3, -0.25) is 19.8 Å². The Morgan fingerprint density at radius 2 is 2.03 bits per heavy atom. The zero-order valence-corrected chi connectivity index (χ0v) is 22.4. The zero-order chi connectivity index (χ0) is 26.1. The lowest BCUT2D eigenvalue weighted by molar-refractivity contribution is -0.434. The molecule has 1 atom stereocenters. The maximum atomic E-state index is 13.1. The molecule has 11 heteroatoms. The molecule has 2 aromatic rings. The van der Waals surface area contributed by atoms with Gasteiger partial charge in [-0.05, 0) is 42.5 Å². The fourth-order valence-electron chi connectivity index (χ4n) is 4.21.